The third-order valence-electron chi connectivity index (χ3n) is 2.10. The predicted molar refractivity (Wildman–Crippen MR) is 65.7 cm³/mol. The zero-order chi connectivity index (χ0) is 12.9. The minimum atomic E-state index is -0.327. The van der Waals surface area contributed by atoms with E-state index in [1.54, 1.807) is 18.2 Å². The molecule has 2 N–H and O–H groups in total. The van der Waals surface area contributed by atoms with Crippen molar-refractivity contribution in [1.29, 1.82) is 0 Å². The van der Waals surface area contributed by atoms with Crippen LogP contribution >= 0.6 is 0 Å². The maximum Gasteiger partial charge on any atom is 0.246 e. The second-order valence-electron chi connectivity index (χ2n) is 4.81. The molecule has 0 radical (unpaired) electrons. The Kier molecular flexibility index (Phi) is 4.52. The lowest BCUT2D eigenvalue weighted by Crippen LogP contribution is -2.31. The van der Waals surface area contributed by atoms with Gasteiger partial charge in [0.25, 0.3) is 0 Å². The summed E-state index contributed by atoms with van der Waals surface area (Å²) in [4.78, 5) is 11.5. The quantitative estimate of drug-likeness (QED) is 0.839. The van der Waals surface area contributed by atoms with Crippen LogP contribution in [-0.2, 0) is 16.1 Å². The van der Waals surface area contributed by atoms with Gasteiger partial charge in [0.2, 0.25) is 5.91 Å². The van der Waals surface area contributed by atoms with Crippen molar-refractivity contribution in [3.63, 3.8) is 0 Å². The lowest BCUT2D eigenvalue weighted by Gasteiger charge is -2.19. The largest absolute Gasteiger partial charge is 0.508 e. The molecule has 0 saturated heterocycles. The fraction of sp³-hybridized carbons (Fsp3) is 0.462. The van der Waals surface area contributed by atoms with Crippen LogP contribution in [0.3, 0.4) is 0 Å². The third kappa shape index (κ3) is 5.36. The third-order valence-corrected chi connectivity index (χ3v) is 2.10. The van der Waals surface area contributed by atoms with E-state index in [4.69, 9.17) is 4.74 Å². The first-order valence-electron chi connectivity index (χ1n) is 5.56. The number of carbonyl (C=O) groups is 1. The van der Waals surface area contributed by atoms with E-state index in [0.717, 1.165) is 0 Å². The van der Waals surface area contributed by atoms with Gasteiger partial charge in [0.15, 0.2) is 0 Å². The highest BCUT2D eigenvalue weighted by atomic mass is 16.5. The van der Waals surface area contributed by atoms with Crippen molar-refractivity contribution in [1.82, 2.24) is 5.32 Å². The van der Waals surface area contributed by atoms with Gasteiger partial charge in [-0.3, -0.25) is 4.79 Å². The summed E-state index contributed by atoms with van der Waals surface area (Å²) in [6.45, 7) is 6.01. The van der Waals surface area contributed by atoms with Crippen molar-refractivity contribution in [3.8, 4) is 5.75 Å². The van der Waals surface area contributed by atoms with Crippen LogP contribution in [0, 0.1) is 0 Å². The number of benzene rings is 1. The first kappa shape index (κ1) is 13.5. The van der Waals surface area contributed by atoms with Crippen molar-refractivity contribution in [2.45, 2.75) is 32.9 Å². The lowest BCUT2D eigenvalue weighted by molar-refractivity contribution is -0.130. The molecule has 94 valence electrons. The molecule has 0 aliphatic rings. The van der Waals surface area contributed by atoms with Gasteiger partial charge in [-0.05, 0) is 26.8 Å². The minimum Gasteiger partial charge on any atom is -0.508 e. The molecule has 0 saturated carbocycles. The molecule has 0 aliphatic heterocycles. The van der Waals surface area contributed by atoms with Gasteiger partial charge >= 0.3 is 0 Å². The van der Waals surface area contributed by atoms with Gasteiger partial charge in [-0.2, -0.15) is 0 Å². The summed E-state index contributed by atoms with van der Waals surface area (Å²) in [5.74, 6) is -0.00674. The van der Waals surface area contributed by atoms with E-state index in [1.165, 1.54) is 0 Å². The van der Waals surface area contributed by atoms with Crippen LogP contribution in [-0.4, -0.2) is 23.2 Å². The summed E-state index contributed by atoms with van der Waals surface area (Å²) in [6.07, 6.45) is 0. The van der Waals surface area contributed by atoms with E-state index in [9.17, 15) is 9.90 Å². The van der Waals surface area contributed by atoms with E-state index in [1.807, 2.05) is 26.8 Å². The molecule has 1 aromatic rings. The van der Waals surface area contributed by atoms with E-state index < -0.39 is 0 Å². The summed E-state index contributed by atoms with van der Waals surface area (Å²) in [7, 11) is 0. The summed E-state index contributed by atoms with van der Waals surface area (Å²) in [6, 6.07) is 6.91. The number of phenols is 1. The highest BCUT2D eigenvalue weighted by Gasteiger charge is 2.12. The first-order chi connectivity index (χ1) is 7.88. The number of para-hydroxylation sites is 1. The fourth-order valence-corrected chi connectivity index (χ4v) is 1.19. The Labute approximate surface area is 102 Å². The molecular formula is C13H19NO3. The van der Waals surface area contributed by atoms with Crippen LogP contribution in [0.15, 0.2) is 24.3 Å². The zero-order valence-electron chi connectivity index (χ0n) is 10.5. The normalized spacial score (nSPS) is 11.2. The van der Waals surface area contributed by atoms with Gasteiger partial charge in [0, 0.05) is 12.1 Å². The van der Waals surface area contributed by atoms with E-state index >= 15 is 0 Å². The molecule has 0 spiro atoms. The Balaban J connectivity index is 2.36. The Bertz CT molecular complexity index is 382. The standard InChI is InChI=1S/C13H19NO3/c1-13(2,3)17-9-12(16)14-8-10-6-4-5-7-11(10)15/h4-7,15H,8-9H2,1-3H3,(H,14,16). The van der Waals surface area contributed by atoms with Crippen LogP contribution in [0.1, 0.15) is 26.3 Å². The van der Waals surface area contributed by atoms with Gasteiger partial charge in [-0.25, -0.2) is 0 Å². The van der Waals surface area contributed by atoms with Crippen LogP contribution in [0.25, 0.3) is 0 Å². The molecule has 4 nitrogen and oxygen atoms in total. The number of nitrogens with one attached hydrogen (secondary N) is 1. The molecule has 0 atom stereocenters. The molecule has 0 heterocycles. The topological polar surface area (TPSA) is 58.6 Å². The summed E-state index contributed by atoms with van der Waals surface area (Å²) in [5.41, 5.74) is 0.364. The molecule has 4 heteroatoms. The number of carbonyl (C=O) groups excluding carboxylic acids is 1. The molecule has 0 bridgehead atoms. The van der Waals surface area contributed by atoms with Crippen LogP contribution < -0.4 is 5.32 Å². The van der Waals surface area contributed by atoms with Crippen molar-refractivity contribution in [2.75, 3.05) is 6.61 Å². The number of phenolic OH excluding ortho intramolecular Hbond substituents is 1. The lowest BCUT2D eigenvalue weighted by atomic mass is 10.2. The van der Waals surface area contributed by atoms with Crippen molar-refractivity contribution in [3.05, 3.63) is 29.8 Å². The van der Waals surface area contributed by atoms with Crippen LogP contribution in [0.2, 0.25) is 0 Å². The number of amides is 1. The molecule has 1 aromatic carbocycles. The molecular weight excluding hydrogens is 218 g/mol. The van der Waals surface area contributed by atoms with Crippen molar-refractivity contribution >= 4 is 5.91 Å². The van der Waals surface area contributed by atoms with E-state index in [0.29, 0.717) is 12.1 Å². The van der Waals surface area contributed by atoms with E-state index in [-0.39, 0.29) is 23.9 Å². The van der Waals surface area contributed by atoms with Crippen molar-refractivity contribution < 1.29 is 14.6 Å². The predicted octanol–water partition coefficient (Wildman–Crippen LogP) is 1.82. The summed E-state index contributed by atoms with van der Waals surface area (Å²) >= 11 is 0. The first-order valence-corrected chi connectivity index (χ1v) is 5.56. The zero-order valence-corrected chi connectivity index (χ0v) is 10.5. The van der Waals surface area contributed by atoms with Crippen LogP contribution in [0.5, 0.6) is 5.75 Å². The molecule has 0 unspecified atom stereocenters. The molecule has 0 aliphatic carbocycles. The Morgan fingerprint density at radius 3 is 2.59 bits per heavy atom. The second kappa shape index (κ2) is 5.68. The Morgan fingerprint density at radius 1 is 1.35 bits per heavy atom. The van der Waals surface area contributed by atoms with Gasteiger partial charge in [0.05, 0.1) is 5.60 Å². The second-order valence-corrected chi connectivity index (χ2v) is 4.81. The average molecular weight is 237 g/mol. The number of ether oxygens (including phenoxy) is 1. The minimum absolute atomic E-state index is 0.0249. The summed E-state index contributed by atoms with van der Waals surface area (Å²) < 4.78 is 5.34. The molecule has 1 amide bonds. The molecule has 1 rings (SSSR count). The maximum absolute atomic E-state index is 11.5. The highest BCUT2D eigenvalue weighted by Crippen LogP contribution is 2.14. The van der Waals surface area contributed by atoms with Gasteiger partial charge < -0.3 is 15.2 Å². The van der Waals surface area contributed by atoms with Gasteiger partial charge in [0.1, 0.15) is 12.4 Å². The Morgan fingerprint density at radius 2 is 2.00 bits per heavy atom. The molecule has 0 aromatic heterocycles. The van der Waals surface area contributed by atoms with Crippen LogP contribution in [0.4, 0.5) is 0 Å². The number of hydrogen-bond donors (Lipinski definition) is 2. The number of rotatable bonds is 4. The maximum atomic E-state index is 11.5. The number of hydrogen-bond acceptors (Lipinski definition) is 3. The SMILES string of the molecule is CC(C)(C)OCC(=O)NCc1ccccc1O. The average Bonchev–Trinajstić information content (AvgIpc) is 2.24. The highest BCUT2D eigenvalue weighted by molar-refractivity contribution is 5.77. The molecule has 0 fully saturated rings. The van der Waals surface area contributed by atoms with Crippen molar-refractivity contribution in [2.24, 2.45) is 0 Å². The summed E-state index contributed by atoms with van der Waals surface area (Å²) in [5, 5.41) is 12.2. The molecule has 17 heavy (non-hydrogen) atoms. The van der Waals surface area contributed by atoms with Gasteiger partial charge in [-0.15, -0.1) is 0 Å². The Hall–Kier alpha value is -1.55. The monoisotopic (exact) mass is 237 g/mol. The smallest absolute Gasteiger partial charge is 0.246 e. The van der Waals surface area contributed by atoms with E-state index in [2.05, 4.69) is 5.32 Å². The number of aromatic hydroxyl groups is 1. The fourth-order valence-electron chi connectivity index (χ4n) is 1.19. The van der Waals surface area contributed by atoms with Gasteiger partial charge in [-0.1, -0.05) is 18.2 Å².